The standard InChI is InChI=1S/C13H13Br2N3O2/c1-19-11-6-10(7(14)5-8(11)15)17-12-4-3-9(16)13(18-12)20-2/h3-6H,16H2,1-2H3,(H,17,18). The molecule has 0 saturated carbocycles. The smallest absolute Gasteiger partial charge is 0.238 e. The summed E-state index contributed by atoms with van der Waals surface area (Å²) >= 11 is 6.91. The second-order valence-corrected chi connectivity index (χ2v) is 5.60. The number of benzene rings is 1. The minimum absolute atomic E-state index is 0.384. The quantitative estimate of drug-likeness (QED) is 0.810. The molecule has 5 nitrogen and oxygen atoms in total. The maximum atomic E-state index is 5.74. The Balaban J connectivity index is 2.34. The largest absolute Gasteiger partial charge is 0.495 e. The summed E-state index contributed by atoms with van der Waals surface area (Å²) in [6, 6.07) is 7.27. The molecule has 0 bridgehead atoms. The van der Waals surface area contributed by atoms with E-state index in [9.17, 15) is 0 Å². The van der Waals surface area contributed by atoms with Gasteiger partial charge >= 0.3 is 0 Å². The number of nitrogen functional groups attached to an aromatic ring is 1. The summed E-state index contributed by atoms with van der Waals surface area (Å²) in [5.74, 6) is 1.73. The van der Waals surface area contributed by atoms with Crippen molar-refractivity contribution < 1.29 is 9.47 Å². The average Bonchev–Trinajstić information content (AvgIpc) is 2.43. The molecule has 1 heterocycles. The number of nitrogens with one attached hydrogen (secondary N) is 1. The minimum Gasteiger partial charge on any atom is -0.495 e. The second-order valence-electron chi connectivity index (χ2n) is 3.89. The Morgan fingerprint density at radius 2 is 1.85 bits per heavy atom. The summed E-state index contributed by atoms with van der Waals surface area (Å²) < 4.78 is 12.1. The lowest BCUT2D eigenvalue weighted by Gasteiger charge is -2.12. The summed E-state index contributed by atoms with van der Waals surface area (Å²) in [6.45, 7) is 0. The third kappa shape index (κ3) is 3.16. The van der Waals surface area contributed by atoms with Gasteiger partial charge in [-0.05, 0) is 50.1 Å². The van der Waals surface area contributed by atoms with Crippen molar-refractivity contribution in [3.8, 4) is 11.6 Å². The Labute approximate surface area is 133 Å². The molecule has 1 aromatic heterocycles. The molecule has 0 aliphatic carbocycles. The van der Waals surface area contributed by atoms with Crippen LogP contribution in [0.4, 0.5) is 17.2 Å². The number of rotatable bonds is 4. The van der Waals surface area contributed by atoms with Crippen LogP contribution in [-0.2, 0) is 0 Å². The molecule has 2 rings (SSSR count). The van der Waals surface area contributed by atoms with Gasteiger partial charge in [-0.25, -0.2) is 0 Å². The molecule has 1 aromatic carbocycles. The van der Waals surface area contributed by atoms with E-state index in [1.807, 2.05) is 12.1 Å². The molecular weight excluding hydrogens is 390 g/mol. The van der Waals surface area contributed by atoms with Crippen LogP contribution in [0.15, 0.2) is 33.2 Å². The molecule has 0 amide bonds. The van der Waals surface area contributed by atoms with Crippen LogP contribution >= 0.6 is 31.9 Å². The molecule has 106 valence electrons. The van der Waals surface area contributed by atoms with Crippen LogP contribution in [0.2, 0.25) is 0 Å². The fourth-order valence-corrected chi connectivity index (χ4v) is 2.86. The van der Waals surface area contributed by atoms with Crippen molar-refractivity contribution in [2.24, 2.45) is 0 Å². The lowest BCUT2D eigenvalue weighted by atomic mass is 10.3. The van der Waals surface area contributed by atoms with Gasteiger partial charge < -0.3 is 20.5 Å². The molecule has 20 heavy (non-hydrogen) atoms. The van der Waals surface area contributed by atoms with Crippen molar-refractivity contribution >= 4 is 49.1 Å². The third-order valence-corrected chi connectivity index (χ3v) is 3.86. The lowest BCUT2D eigenvalue weighted by molar-refractivity contribution is 0.401. The summed E-state index contributed by atoms with van der Waals surface area (Å²) in [7, 11) is 3.14. The van der Waals surface area contributed by atoms with Crippen LogP contribution in [0.5, 0.6) is 11.6 Å². The highest BCUT2D eigenvalue weighted by molar-refractivity contribution is 9.11. The Morgan fingerprint density at radius 3 is 2.50 bits per heavy atom. The first-order valence-electron chi connectivity index (χ1n) is 5.65. The Morgan fingerprint density at radius 1 is 1.10 bits per heavy atom. The summed E-state index contributed by atoms with van der Waals surface area (Å²) in [5, 5.41) is 3.18. The van der Waals surface area contributed by atoms with E-state index in [2.05, 4.69) is 42.2 Å². The van der Waals surface area contributed by atoms with Crippen LogP contribution in [0.25, 0.3) is 0 Å². The van der Waals surface area contributed by atoms with Crippen LogP contribution in [0, 0.1) is 0 Å². The van der Waals surface area contributed by atoms with Crippen molar-refractivity contribution in [1.29, 1.82) is 0 Å². The molecular formula is C13H13Br2N3O2. The zero-order chi connectivity index (χ0) is 14.7. The second kappa shape index (κ2) is 6.32. The Kier molecular flexibility index (Phi) is 4.72. The van der Waals surface area contributed by atoms with Crippen molar-refractivity contribution in [1.82, 2.24) is 4.98 Å². The van der Waals surface area contributed by atoms with Gasteiger partial charge in [-0.15, -0.1) is 0 Å². The molecule has 0 aliphatic heterocycles. The molecule has 0 spiro atoms. The van der Waals surface area contributed by atoms with E-state index < -0.39 is 0 Å². The number of nitrogens with two attached hydrogens (primary N) is 1. The number of ether oxygens (including phenoxy) is 2. The van der Waals surface area contributed by atoms with Gasteiger partial charge in [0.2, 0.25) is 5.88 Å². The predicted octanol–water partition coefficient (Wildman–Crippen LogP) is 3.95. The van der Waals surface area contributed by atoms with Crippen molar-refractivity contribution in [3.63, 3.8) is 0 Å². The molecule has 0 fully saturated rings. The summed E-state index contributed by atoms with van der Waals surface area (Å²) in [6.07, 6.45) is 0. The van der Waals surface area contributed by atoms with Gasteiger partial charge in [0.15, 0.2) is 0 Å². The molecule has 2 aromatic rings. The fourth-order valence-electron chi connectivity index (χ4n) is 1.60. The maximum absolute atomic E-state index is 5.74. The van der Waals surface area contributed by atoms with Gasteiger partial charge in [-0.1, -0.05) is 0 Å². The van der Waals surface area contributed by atoms with E-state index >= 15 is 0 Å². The van der Waals surface area contributed by atoms with Crippen LogP contribution in [0.3, 0.4) is 0 Å². The van der Waals surface area contributed by atoms with Gasteiger partial charge in [0.1, 0.15) is 11.6 Å². The van der Waals surface area contributed by atoms with Gasteiger partial charge in [-0.2, -0.15) is 4.98 Å². The zero-order valence-electron chi connectivity index (χ0n) is 10.9. The highest BCUT2D eigenvalue weighted by Gasteiger charge is 2.09. The van der Waals surface area contributed by atoms with Gasteiger partial charge in [0, 0.05) is 10.5 Å². The van der Waals surface area contributed by atoms with Gasteiger partial charge in [-0.3, -0.25) is 0 Å². The van der Waals surface area contributed by atoms with Gasteiger partial charge in [0.25, 0.3) is 0 Å². The number of halogens is 2. The van der Waals surface area contributed by atoms with Crippen LogP contribution in [-0.4, -0.2) is 19.2 Å². The molecule has 3 N–H and O–H groups in total. The number of methoxy groups -OCH3 is 2. The first-order valence-corrected chi connectivity index (χ1v) is 7.24. The maximum Gasteiger partial charge on any atom is 0.238 e. The van der Waals surface area contributed by atoms with Crippen LogP contribution < -0.4 is 20.5 Å². The van der Waals surface area contributed by atoms with Gasteiger partial charge in [0.05, 0.1) is 30.1 Å². The summed E-state index contributed by atoms with van der Waals surface area (Å²) in [5.41, 5.74) is 7.05. The lowest BCUT2D eigenvalue weighted by Crippen LogP contribution is -2.00. The molecule has 0 saturated heterocycles. The van der Waals surface area contributed by atoms with E-state index in [1.54, 1.807) is 19.2 Å². The topological polar surface area (TPSA) is 69.4 Å². The van der Waals surface area contributed by atoms with E-state index in [-0.39, 0.29) is 0 Å². The highest BCUT2D eigenvalue weighted by atomic mass is 79.9. The van der Waals surface area contributed by atoms with E-state index in [0.717, 1.165) is 20.4 Å². The SMILES string of the molecule is COc1cc(Nc2ccc(N)c(OC)n2)c(Br)cc1Br. The Bertz CT molecular complexity index is 635. The van der Waals surface area contributed by atoms with Crippen LogP contribution in [0.1, 0.15) is 0 Å². The number of hydrogen-bond acceptors (Lipinski definition) is 5. The monoisotopic (exact) mass is 401 g/mol. The number of hydrogen-bond donors (Lipinski definition) is 2. The Hall–Kier alpha value is -1.47. The number of anilines is 3. The number of aromatic nitrogens is 1. The van der Waals surface area contributed by atoms with Crippen molar-refractivity contribution in [3.05, 3.63) is 33.2 Å². The van der Waals surface area contributed by atoms with E-state index in [4.69, 9.17) is 15.2 Å². The first kappa shape index (κ1) is 14.9. The van der Waals surface area contributed by atoms with Crippen molar-refractivity contribution in [2.75, 3.05) is 25.3 Å². The summed E-state index contributed by atoms with van der Waals surface area (Å²) in [4.78, 5) is 4.27. The predicted molar refractivity (Wildman–Crippen MR) is 86.9 cm³/mol. The fraction of sp³-hybridized carbons (Fsp3) is 0.154. The van der Waals surface area contributed by atoms with E-state index in [1.165, 1.54) is 7.11 Å². The molecule has 0 atom stereocenters. The molecule has 0 radical (unpaired) electrons. The van der Waals surface area contributed by atoms with E-state index in [0.29, 0.717) is 17.4 Å². The third-order valence-electron chi connectivity index (χ3n) is 2.59. The molecule has 0 unspecified atom stereocenters. The highest BCUT2D eigenvalue weighted by Crippen LogP contribution is 2.36. The normalized spacial score (nSPS) is 10.2. The molecule has 0 aliphatic rings. The minimum atomic E-state index is 0.384. The number of nitrogens with zero attached hydrogens (tertiary/aromatic N) is 1. The average molecular weight is 403 g/mol. The molecule has 7 heteroatoms. The first-order chi connectivity index (χ1) is 9.55. The van der Waals surface area contributed by atoms with Crippen molar-refractivity contribution in [2.45, 2.75) is 0 Å². The zero-order valence-corrected chi connectivity index (χ0v) is 14.1. The number of pyridine rings is 1.